The van der Waals surface area contributed by atoms with Gasteiger partial charge in [0.1, 0.15) is 6.10 Å². The fourth-order valence-electron chi connectivity index (χ4n) is 1.19. The van der Waals surface area contributed by atoms with Crippen LogP contribution >= 0.6 is 11.3 Å². The Balaban J connectivity index is 2.09. The third-order valence-corrected chi connectivity index (χ3v) is 2.99. The van der Waals surface area contributed by atoms with Crippen molar-refractivity contribution in [2.24, 2.45) is 5.92 Å². The molecule has 64 valence electrons. The molecule has 1 N–H and O–H groups in total. The van der Waals surface area contributed by atoms with Crippen LogP contribution in [0.3, 0.4) is 0 Å². The molecule has 0 spiro atoms. The van der Waals surface area contributed by atoms with E-state index in [0.717, 1.165) is 12.8 Å². The van der Waals surface area contributed by atoms with Gasteiger partial charge in [-0.2, -0.15) is 0 Å². The van der Waals surface area contributed by atoms with Crippen molar-refractivity contribution in [3.8, 4) is 0 Å². The first-order valence-corrected chi connectivity index (χ1v) is 4.93. The molecule has 1 heterocycles. The molecule has 0 amide bonds. The number of aliphatic hydroxyl groups excluding tert-OH is 1. The van der Waals surface area contributed by atoms with Crippen molar-refractivity contribution in [2.45, 2.75) is 18.9 Å². The van der Waals surface area contributed by atoms with Gasteiger partial charge in [0, 0.05) is 0 Å². The molecule has 0 aliphatic heterocycles. The highest BCUT2D eigenvalue weighted by Crippen LogP contribution is 2.34. The second-order valence-electron chi connectivity index (χ2n) is 3.12. The summed E-state index contributed by atoms with van der Waals surface area (Å²) in [6, 6.07) is 3.59. The smallest absolute Gasteiger partial charge is 0.201 e. The van der Waals surface area contributed by atoms with Crippen LogP contribution in [0.2, 0.25) is 0 Å². The average molecular weight is 182 g/mol. The largest absolute Gasteiger partial charge is 0.385 e. The van der Waals surface area contributed by atoms with Crippen LogP contribution < -0.4 is 0 Å². The Morgan fingerprint density at radius 3 is 2.92 bits per heavy atom. The van der Waals surface area contributed by atoms with Gasteiger partial charge >= 0.3 is 0 Å². The number of aliphatic hydroxyl groups is 1. The quantitative estimate of drug-likeness (QED) is 0.722. The van der Waals surface area contributed by atoms with Gasteiger partial charge in [-0.05, 0) is 30.2 Å². The van der Waals surface area contributed by atoms with Crippen LogP contribution in [0.1, 0.15) is 22.5 Å². The molecule has 1 aliphatic carbocycles. The predicted molar refractivity (Wildman–Crippen MR) is 47.4 cm³/mol. The fraction of sp³-hybridized carbons (Fsp3) is 0.444. The van der Waals surface area contributed by atoms with Crippen LogP contribution in [-0.4, -0.2) is 17.0 Å². The maximum Gasteiger partial charge on any atom is 0.201 e. The van der Waals surface area contributed by atoms with Crippen molar-refractivity contribution in [1.29, 1.82) is 0 Å². The molecule has 1 saturated carbocycles. The first-order valence-electron chi connectivity index (χ1n) is 4.05. The van der Waals surface area contributed by atoms with Crippen LogP contribution in [-0.2, 0) is 0 Å². The van der Waals surface area contributed by atoms with E-state index in [9.17, 15) is 9.90 Å². The van der Waals surface area contributed by atoms with Gasteiger partial charge in [0.2, 0.25) is 5.78 Å². The molecule has 1 aliphatic rings. The second-order valence-corrected chi connectivity index (χ2v) is 4.07. The van der Waals surface area contributed by atoms with E-state index in [1.54, 1.807) is 6.07 Å². The second kappa shape index (κ2) is 2.99. The maximum absolute atomic E-state index is 11.4. The highest BCUT2D eigenvalue weighted by molar-refractivity contribution is 7.12. The summed E-state index contributed by atoms with van der Waals surface area (Å²) in [5.74, 6) is 0.132. The van der Waals surface area contributed by atoms with Crippen molar-refractivity contribution < 1.29 is 9.90 Å². The summed E-state index contributed by atoms with van der Waals surface area (Å²) in [7, 11) is 0. The van der Waals surface area contributed by atoms with Crippen molar-refractivity contribution in [3.63, 3.8) is 0 Å². The molecule has 2 rings (SSSR count). The van der Waals surface area contributed by atoms with E-state index in [1.165, 1.54) is 11.3 Å². The standard InChI is InChI=1S/C9H10O2S/c10-8(6-3-4-6)9(11)7-2-1-5-12-7/h1-2,5-6,8,10H,3-4H2. The van der Waals surface area contributed by atoms with Crippen molar-refractivity contribution in [1.82, 2.24) is 0 Å². The molecule has 1 atom stereocenters. The van der Waals surface area contributed by atoms with Crippen LogP contribution in [0.4, 0.5) is 0 Å². The van der Waals surface area contributed by atoms with E-state index in [4.69, 9.17) is 0 Å². The third kappa shape index (κ3) is 1.42. The fourth-order valence-corrected chi connectivity index (χ4v) is 1.89. The molecule has 3 heteroatoms. The zero-order valence-corrected chi connectivity index (χ0v) is 7.38. The van der Waals surface area contributed by atoms with E-state index in [2.05, 4.69) is 0 Å². The number of ketones is 1. The average Bonchev–Trinajstić information content (AvgIpc) is 2.79. The molecular weight excluding hydrogens is 172 g/mol. The minimum absolute atomic E-state index is 0.104. The molecule has 12 heavy (non-hydrogen) atoms. The van der Waals surface area contributed by atoms with Gasteiger partial charge < -0.3 is 5.11 Å². The number of hydrogen-bond acceptors (Lipinski definition) is 3. The van der Waals surface area contributed by atoms with E-state index in [-0.39, 0.29) is 11.7 Å². The number of carbonyl (C=O) groups is 1. The number of hydrogen-bond donors (Lipinski definition) is 1. The van der Waals surface area contributed by atoms with Crippen LogP contribution in [0.25, 0.3) is 0 Å². The SMILES string of the molecule is O=C(c1cccs1)C(O)C1CC1. The van der Waals surface area contributed by atoms with Crippen LogP contribution in [0.15, 0.2) is 17.5 Å². The summed E-state index contributed by atoms with van der Waals surface area (Å²) in [6.45, 7) is 0. The van der Waals surface area contributed by atoms with Crippen molar-refractivity contribution in [3.05, 3.63) is 22.4 Å². The molecule has 1 aromatic heterocycles. The van der Waals surface area contributed by atoms with E-state index in [1.807, 2.05) is 11.4 Å². The molecule has 1 fully saturated rings. The minimum Gasteiger partial charge on any atom is -0.385 e. The summed E-state index contributed by atoms with van der Waals surface area (Å²) in [6.07, 6.45) is 1.25. The van der Waals surface area contributed by atoms with E-state index >= 15 is 0 Å². The predicted octanol–water partition coefficient (Wildman–Crippen LogP) is 1.70. The minimum atomic E-state index is -0.747. The third-order valence-electron chi connectivity index (χ3n) is 2.10. The lowest BCUT2D eigenvalue weighted by Gasteiger charge is -2.04. The number of carbonyl (C=O) groups excluding carboxylic acids is 1. The highest BCUT2D eigenvalue weighted by atomic mass is 32.1. The lowest BCUT2D eigenvalue weighted by atomic mass is 10.1. The summed E-state index contributed by atoms with van der Waals surface area (Å²) >= 11 is 1.39. The Labute approximate surface area is 74.8 Å². The summed E-state index contributed by atoms with van der Waals surface area (Å²) in [5, 5.41) is 11.3. The molecule has 2 nitrogen and oxygen atoms in total. The van der Waals surface area contributed by atoms with Crippen LogP contribution in [0.5, 0.6) is 0 Å². The number of rotatable bonds is 3. The monoisotopic (exact) mass is 182 g/mol. The number of thiophene rings is 1. The maximum atomic E-state index is 11.4. The zero-order valence-electron chi connectivity index (χ0n) is 6.56. The normalized spacial score (nSPS) is 19.1. The molecule has 1 unspecified atom stereocenters. The molecule has 0 bridgehead atoms. The van der Waals surface area contributed by atoms with Gasteiger partial charge in [-0.25, -0.2) is 0 Å². The summed E-state index contributed by atoms with van der Waals surface area (Å²) < 4.78 is 0. The topological polar surface area (TPSA) is 37.3 Å². The number of Topliss-reactive ketones (excluding diaryl/α,β-unsaturated/α-hetero) is 1. The van der Waals surface area contributed by atoms with Gasteiger partial charge in [0.05, 0.1) is 4.88 Å². The molecular formula is C9H10O2S. The molecule has 0 aromatic carbocycles. The first kappa shape index (κ1) is 7.95. The molecule has 0 saturated heterocycles. The Kier molecular flexibility index (Phi) is 1.98. The Morgan fingerprint density at radius 1 is 1.67 bits per heavy atom. The lowest BCUT2D eigenvalue weighted by Crippen LogP contribution is -2.21. The van der Waals surface area contributed by atoms with Gasteiger partial charge in [-0.1, -0.05) is 6.07 Å². The molecule has 0 radical (unpaired) electrons. The van der Waals surface area contributed by atoms with Gasteiger partial charge in [-0.3, -0.25) is 4.79 Å². The van der Waals surface area contributed by atoms with Crippen molar-refractivity contribution >= 4 is 17.1 Å². The lowest BCUT2D eigenvalue weighted by molar-refractivity contribution is 0.0708. The Morgan fingerprint density at radius 2 is 2.42 bits per heavy atom. The highest BCUT2D eigenvalue weighted by Gasteiger charge is 2.35. The van der Waals surface area contributed by atoms with Crippen molar-refractivity contribution in [2.75, 3.05) is 0 Å². The van der Waals surface area contributed by atoms with Gasteiger partial charge in [0.25, 0.3) is 0 Å². The first-order chi connectivity index (χ1) is 5.79. The summed E-state index contributed by atoms with van der Waals surface area (Å²) in [4.78, 5) is 12.1. The summed E-state index contributed by atoms with van der Waals surface area (Å²) in [5.41, 5.74) is 0. The van der Waals surface area contributed by atoms with Gasteiger partial charge in [-0.15, -0.1) is 11.3 Å². The van der Waals surface area contributed by atoms with Crippen LogP contribution in [0, 0.1) is 5.92 Å². The zero-order chi connectivity index (χ0) is 8.55. The van der Waals surface area contributed by atoms with E-state index < -0.39 is 6.10 Å². The Hall–Kier alpha value is -0.670. The molecule has 1 aromatic rings. The van der Waals surface area contributed by atoms with Gasteiger partial charge in [0.15, 0.2) is 0 Å². The Bertz CT molecular complexity index is 275. The van der Waals surface area contributed by atoms with E-state index in [0.29, 0.717) is 4.88 Å².